The Labute approximate surface area is 272 Å². The normalized spacial score (nSPS) is 23.2. The number of aliphatic imine (C=N–C) groups is 1. The summed E-state index contributed by atoms with van der Waals surface area (Å²) in [6.45, 7) is 8.77. The minimum atomic E-state index is -1.10. The van der Waals surface area contributed by atoms with Crippen molar-refractivity contribution in [3.63, 3.8) is 0 Å². The van der Waals surface area contributed by atoms with Crippen molar-refractivity contribution in [1.82, 2.24) is 15.2 Å². The van der Waals surface area contributed by atoms with Crippen LogP contribution in [-0.4, -0.2) is 72.9 Å². The molecule has 3 heterocycles. The van der Waals surface area contributed by atoms with Crippen molar-refractivity contribution in [3.8, 4) is 0 Å². The van der Waals surface area contributed by atoms with Gasteiger partial charge in [0, 0.05) is 30.2 Å². The van der Waals surface area contributed by atoms with Crippen LogP contribution in [0.15, 0.2) is 22.5 Å². The van der Waals surface area contributed by atoms with Crippen LogP contribution in [0, 0.1) is 5.92 Å². The van der Waals surface area contributed by atoms with Crippen LogP contribution in [0.1, 0.15) is 96.7 Å². The molecule has 2 aliphatic rings. The third-order valence-electron chi connectivity index (χ3n) is 7.31. The quantitative estimate of drug-likeness (QED) is 0.190. The number of rotatable bonds is 11. The molecule has 44 heavy (non-hydrogen) atoms. The maximum Gasteiger partial charge on any atom is 0.329 e. The molecule has 2 aliphatic heterocycles. The maximum atomic E-state index is 13.4. The lowest BCUT2D eigenvalue weighted by Gasteiger charge is -2.27. The Morgan fingerprint density at radius 2 is 1.98 bits per heavy atom. The van der Waals surface area contributed by atoms with E-state index in [1.165, 1.54) is 48.2 Å². The first-order valence-corrected chi connectivity index (χ1v) is 18.1. The molecule has 0 fully saturated rings. The highest BCUT2D eigenvalue weighted by atomic mass is 32.2. The second kappa shape index (κ2) is 17.3. The lowest BCUT2D eigenvalue weighted by Crippen LogP contribution is -2.53. The van der Waals surface area contributed by atoms with E-state index >= 15 is 0 Å². The summed E-state index contributed by atoms with van der Waals surface area (Å²) < 4.78 is 5.80. The lowest BCUT2D eigenvalue weighted by molar-refractivity contribution is -0.155. The number of fused-ring (bicyclic) bond motifs is 4. The zero-order chi connectivity index (χ0) is 32.3. The van der Waals surface area contributed by atoms with Crippen LogP contribution in [0.4, 0.5) is 0 Å². The number of amides is 3. The van der Waals surface area contributed by atoms with Crippen LogP contribution in [0.25, 0.3) is 0 Å². The minimum absolute atomic E-state index is 0.0231. The van der Waals surface area contributed by atoms with Crippen molar-refractivity contribution in [2.24, 2.45) is 10.9 Å². The van der Waals surface area contributed by atoms with Crippen LogP contribution in [-0.2, 0) is 35.3 Å². The fraction of sp³-hybridized carbons (Fsp3) is 0.645. The summed E-state index contributed by atoms with van der Waals surface area (Å²) in [5.74, 6) is -1.38. The van der Waals surface area contributed by atoms with Gasteiger partial charge >= 0.3 is 5.97 Å². The molecule has 10 nitrogen and oxygen atoms in total. The molecule has 0 radical (unpaired) electrons. The van der Waals surface area contributed by atoms with Gasteiger partial charge in [-0.25, -0.2) is 9.78 Å². The number of cyclic esters (lactones) is 1. The van der Waals surface area contributed by atoms with Gasteiger partial charge in [0.05, 0.1) is 13.0 Å². The first-order chi connectivity index (χ1) is 20.9. The van der Waals surface area contributed by atoms with E-state index in [2.05, 4.69) is 22.2 Å². The van der Waals surface area contributed by atoms with E-state index in [1.54, 1.807) is 38.3 Å². The van der Waals surface area contributed by atoms with Crippen LogP contribution < -0.4 is 5.32 Å². The number of carbonyl (C=O) groups excluding carboxylic acids is 5. The number of nitrogens with zero attached hydrogens (tertiary/aromatic N) is 3. The molecule has 1 aromatic rings. The number of thiazole rings is 1. The van der Waals surface area contributed by atoms with Gasteiger partial charge < -0.3 is 10.1 Å². The Morgan fingerprint density at radius 3 is 2.68 bits per heavy atom. The summed E-state index contributed by atoms with van der Waals surface area (Å²) in [6, 6.07) is -0.970. The van der Waals surface area contributed by atoms with Crippen molar-refractivity contribution >= 4 is 68.7 Å². The molecule has 3 rings (SSSR count). The predicted octanol–water partition coefficient (Wildman–Crippen LogP) is 5.29. The number of carbonyl (C=O) groups is 5. The average Bonchev–Trinajstić information content (AvgIpc) is 3.60. The Balaban J connectivity index is 1.77. The molecule has 0 aliphatic carbocycles. The maximum absolute atomic E-state index is 13.4. The van der Waals surface area contributed by atoms with E-state index in [9.17, 15) is 24.0 Å². The summed E-state index contributed by atoms with van der Waals surface area (Å²) in [5, 5.41) is 5.93. The number of imide groups is 1. The molecule has 242 valence electrons. The van der Waals surface area contributed by atoms with Gasteiger partial charge in [-0.1, -0.05) is 64.3 Å². The van der Waals surface area contributed by atoms with Crippen molar-refractivity contribution in [2.75, 3.05) is 11.5 Å². The third kappa shape index (κ3) is 10.5. The molecule has 1 N–H and O–H groups in total. The highest BCUT2D eigenvalue weighted by Crippen LogP contribution is 2.32. The molecule has 1 aromatic heterocycles. The standard InChI is InChI=1S/C31H44N4O6S3/c1-6-7-8-9-10-14-26(38)42-15-12-11-13-22-16-25(37)35(21(4)36)17-24-32-23(18-43-24)28-34-31(5,19-44-28)30(40)33-27(20(2)3)29(39)41-22/h11,13,18,20,22,27H,6-10,12,14-17,19H2,1-5H3,(H,33,40)/b13-11+. The number of unbranched alkanes of at least 4 members (excludes halogenated alkanes) is 4. The zero-order valence-corrected chi connectivity index (χ0v) is 28.7. The molecular formula is C31H44N4O6S3. The summed E-state index contributed by atoms with van der Waals surface area (Å²) in [7, 11) is 0. The number of ether oxygens (including phenoxy) is 1. The SMILES string of the molecule is CCCCCCCC(=O)SCC/C=C/C1CC(=O)N(C(C)=O)Cc2nc(cs2)C2=NC(C)(CS2)C(=O)NC(C(C)C)C(=O)O1. The minimum Gasteiger partial charge on any atom is -0.456 e. The van der Waals surface area contributed by atoms with Gasteiger partial charge in [0.2, 0.25) is 17.7 Å². The molecule has 13 heteroatoms. The molecular weight excluding hydrogens is 621 g/mol. The Kier molecular flexibility index (Phi) is 14.1. The predicted molar refractivity (Wildman–Crippen MR) is 177 cm³/mol. The van der Waals surface area contributed by atoms with E-state index in [-0.39, 0.29) is 24.0 Å². The van der Waals surface area contributed by atoms with Gasteiger partial charge in [0.15, 0.2) is 5.12 Å². The molecule has 0 spiro atoms. The average molecular weight is 665 g/mol. The van der Waals surface area contributed by atoms with E-state index in [1.807, 2.05) is 0 Å². The fourth-order valence-electron chi connectivity index (χ4n) is 4.62. The summed E-state index contributed by atoms with van der Waals surface area (Å²) in [6.07, 6.45) is 8.73. The van der Waals surface area contributed by atoms with Gasteiger partial charge in [-0.3, -0.25) is 29.1 Å². The molecule has 3 unspecified atom stereocenters. The number of nitrogens with one attached hydrogen (secondary N) is 1. The highest BCUT2D eigenvalue weighted by molar-refractivity contribution is 8.14. The highest BCUT2D eigenvalue weighted by Gasteiger charge is 2.42. The summed E-state index contributed by atoms with van der Waals surface area (Å²) in [4.78, 5) is 75.2. The van der Waals surface area contributed by atoms with E-state index in [4.69, 9.17) is 4.74 Å². The van der Waals surface area contributed by atoms with Gasteiger partial charge in [0.1, 0.15) is 33.4 Å². The number of esters is 1. The topological polar surface area (TPSA) is 135 Å². The lowest BCUT2D eigenvalue weighted by atomic mass is 10.0. The Bertz CT molecular complexity index is 1260. The Morgan fingerprint density at radius 1 is 1.23 bits per heavy atom. The van der Waals surface area contributed by atoms with E-state index in [0.717, 1.165) is 30.6 Å². The second-order valence-electron chi connectivity index (χ2n) is 11.6. The third-order valence-corrected chi connectivity index (χ3v) is 10.4. The van der Waals surface area contributed by atoms with Gasteiger partial charge in [-0.2, -0.15) is 0 Å². The van der Waals surface area contributed by atoms with Crippen molar-refractivity contribution in [3.05, 3.63) is 28.2 Å². The zero-order valence-electron chi connectivity index (χ0n) is 26.3. The van der Waals surface area contributed by atoms with Crippen LogP contribution in [0.2, 0.25) is 0 Å². The van der Waals surface area contributed by atoms with Crippen LogP contribution in [0.3, 0.4) is 0 Å². The molecule has 3 atom stereocenters. The number of aromatic nitrogens is 1. The largest absolute Gasteiger partial charge is 0.456 e. The molecule has 0 saturated heterocycles. The molecule has 0 aromatic carbocycles. The van der Waals surface area contributed by atoms with Gasteiger partial charge in [0.25, 0.3) is 0 Å². The number of thioether (sulfide) groups is 2. The number of allylic oxidation sites excluding steroid dienone is 1. The number of hydrogen-bond donors (Lipinski definition) is 1. The summed E-state index contributed by atoms with van der Waals surface area (Å²) >= 11 is 3.98. The van der Waals surface area contributed by atoms with E-state index in [0.29, 0.717) is 40.1 Å². The number of hydrogen-bond acceptors (Lipinski definition) is 11. The second-order valence-corrected chi connectivity index (χ2v) is 14.6. The van der Waals surface area contributed by atoms with Gasteiger partial charge in [-0.05, 0) is 31.8 Å². The van der Waals surface area contributed by atoms with E-state index < -0.39 is 41.4 Å². The molecule has 0 saturated carbocycles. The van der Waals surface area contributed by atoms with Crippen LogP contribution in [0.5, 0.6) is 0 Å². The smallest absolute Gasteiger partial charge is 0.329 e. The van der Waals surface area contributed by atoms with Crippen molar-refractivity contribution in [1.29, 1.82) is 0 Å². The van der Waals surface area contributed by atoms with Crippen molar-refractivity contribution in [2.45, 2.75) is 110 Å². The molecule has 3 amide bonds. The van der Waals surface area contributed by atoms with Crippen LogP contribution >= 0.6 is 34.9 Å². The molecule has 4 bridgehead atoms. The first-order valence-electron chi connectivity index (χ1n) is 15.3. The fourth-order valence-corrected chi connectivity index (χ4v) is 7.36. The van der Waals surface area contributed by atoms with Crippen molar-refractivity contribution < 1.29 is 28.7 Å². The monoisotopic (exact) mass is 664 g/mol. The van der Waals surface area contributed by atoms with Gasteiger partial charge in [-0.15, -0.1) is 23.1 Å². The Hall–Kier alpha value is -2.51. The first kappa shape index (κ1) is 36.0. The summed E-state index contributed by atoms with van der Waals surface area (Å²) in [5.41, 5.74) is -0.512.